The second kappa shape index (κ2) is 10.1. The lowest BCUT2D eigenvalue weighted by Crippen LogP contribution is -2.56. The maximum atomic E-state index is 12.6. The number of likely N-dealkylation sites (tertiary alicyclic amines) is 1. The number of ether oxygens (including phenoxy) is 4. The number of carbonyl (C=O) groups is 3. The predicted molar refractivity (Wildman–Crippen MR) is 122 cm³/mol. The molecular formula is C24H33N3O8. The summed E-state index contributed by atoms with van der Waals surface area (Å²) in [7, 11) is 0. The van der Waals surface area contributed by atoms with Crippen molar-refractivity contribution in [1.29, 1.82) is 0 Å². The van der Waals surface area contributed by atoms with E-state index < -0.39 is 53.8 Å². The average molecular weight is 492 g/mol. The fraction of sp³-hybridized carbons (Fsp3) is 0.625. The third kappa shape index (κ3) is 6.10. The molecule has 2 unspecified atom stereocenters. The number of nitrogens with one attached hydrogen (secondary N) is 2. The Morgan fingerprint density at radius 1 is 1.11 bits per heavy atom. The monoisotopic (exact) mass is 491 g/mol. The fourth-order valence-electron chi connectivity index (χ4n) is 4.47. The van der Waals surface area contributed by atoms with Crippen LogP contribution in [0, 0.1) is 0 Å². The van der Waals surface area contributed by atoms with Crippen molar-refractivity contribution < 1.29 is 38.4 Å². The number of fused-ring (bicyclic) bond motifs is 1. The van der Waals surface area contributed by atoms with Crippen molar-refractivity contribution in [3.63, 3.8) is 0 Å². The van der Waals surface area contributed by atoms with Crippen LogP contribution in [0.15, 0.2) is 30.3 Å². The molecule has 0 saturated carbocycles. The number of aliphatic hydroxyl groups is 1. The summed E-state index contributed by atoms with van der Waals surface area (Å²) in [5, 5.41) is 15.8. The van der Waals surface area contributed by atoms with Gasteiger partial charge in [-0.1, -0.05) is 30.3 Å². The molecule has 0 aromatic heterocycles. The third-order valence-electron chi connectivity index (χ3n) is 6.54. The van der Waals surface area contributed by atoms with Gasteiger partial charge >= 0.3 is 17.9 Å². The number of aliphatic hydroxyl groups excluding tert-OH is 1. The van der Waals surface area contributed by atoms with E-state index in [0.29, 0.717) is 25.9 Å². The van der Waals surface area contributed by atoms with Gasteiger partial charge in [0.05, 0.1) is 0 Å². The summed E-state index contributed by atoms with van der Waals surface area (Å²) >= 11 is 0. The number of carbonyl (C=O) groups excluding carboxylic acids is 3. The molecule has 4 rings (SSSR count). The maximum absolute atomic E-state index is 12.6. The molecule has 0 radical (unpaired) electrons. The summed E-state index contributed by atoms with van der Waals surface area (Å²) in [6, 6.07) is 9.38. The van der Waals surface area contributed by atoms with Crippen molar-refractivity contribution in [3.05, 3.63) is 35.9 Å². The van der Waals surface area contributed by atoms with Gasteiger partial charge in [-0.25, -0.2) is 4.79 Å². The van der Waals surface area contributed by atoms with Gasteiger partial charge in [0.15, 0.2) is 12.1 Å². The highest BCUT2D eigenvalue weighted by Crippen LogP contribution is 2.37. The number of piperidine rings is 1. The first-order valence-electron chi connectivity index (χ1n) is 11.8. The molecule has 3 aliphatic heterocycles. The van der Waals surface area contributed by atoms with Gasteiger partial charge in [0, 0.05) is 25.2 Å². The zero-order chi connectivity index (χ0) is 25.2. The molecule has 4 atom stereocenters. The van der Waals surface area contributed by atoms with Crippen LogP contribution >= 0.6 is 0 Å². The van der Waals surface area contributed by atoms with Crippen molar-refractivity contribution in [2.45, 2.75) is 76.1 Å². The van der Waals surface area contributed by atoms with Crippen molar-refractivity contribution in [2.24, 2.45) is 0 Å². The summed E-state index contributed by atoms with van der Waals surface area (Å²) in [6.45, 7) is 6.08. The third-order valence-corrected chi connectivity index (χ3v) is 6.54. The Balaban J connectivity index is 1.18. The second-order valence-electron chi connectivity index (χ2n) is 9.88. The van der Waals surface area contributed by atoms with Crippen LogP contribution < -0.4 is 10.6 Å². The maximum Gasteiger partial charge on any atom is 0.407 e. The van der Waals surface area contributed by atoms with Gasteiger partial charge in [-0.15, -0.1) is 0 Å². The zero-order valence-electron chi connectivity index (χ0n) is 20.2. The highest BCUT2D eigenvalue weighted by molar-refractivity contribution is 6.35. The largest absolute Gasteiger partial charge is 0.445 e. The Morgan fingerprint density at radius 3 is 2.46 bits per heavy atom. The summed E-state index contributed by atoms with van der Waals surface area (Å²) in [6.07, 6.45) is -2.66. The van der Waals surface area contributed by atoms with Crippen molar-refractivity contribution in [2.75, 3.05) is 19.6 Å². The number of hydrogen-bond acceptors (Lipinski definition) is 8. The molecule has 35 heavy (non-hydrogen) atoms. The van der Waals surface area contributed by atoms with E-state index in [4.69, 9.17) is 18.9 Å². The van der Waals surface area contributed by atoms with Crippen molar-refractivity contribution in [3.8, 4) is 0 Å². The lowest BCUT2D eigenvalue weighted by Gasteiger charge is -2.39. The molecule has 1 aromatic carbocycles. The summed E-state index contributed by atoms with van der Waals surface area (Å²) < 4.78 is 22.1. The molecule has 192 valence electrons. The van der Waals surface area contributed by atoms with Crippen molar-refractivity contribution >= 4 is 17.9 Å². The highest BCUT2D eigenvalue weighted by atomic mass is 16.8. The molecule has 1 aromatic rings. The zero-order valence-corrected chi connectivity index (χ0v) is 20.2. The van der Waals surface area contributed by atoms with Crippen molar-refractivity contribution in [1.82, 2.24) is 15.5 Å². The van der Waals surface area contributed by atoms with E-state index >= 15 is 0 Å². The number of amides is 3. The van der Waals surface area contributed by atoms with Crippen LogP contribution in [-0.2, 0) is 35.1 Å². The first kappa shape index (κ1) is 25.4. The van der Waals surface area contributed by atoms with Gasteiger partial charge in [0.2, 0.25) is 0 Å². The topological polar surface area (TPSA) is 136 Å². The average Bonchev–Trinajstić information content (AvgIpc) is 3.28. The number of hydrogen-bond donors (Lipinski definition) is 3. The Kier molecular flexibility index (Phi) is 7.32. The summed E-state index contributed by atoms with van der Waals surface area (Å²) in [5.74, 6) is -2.30. The first-order chi connectivity index (χ1) is 16.6. The van der Waals surface area contributed by atoms with Gasteiger partial charge in [0.25, 0.3) is 0 Å². The molecule has 3 saturated heterocycles. The minimum absolute atomic E-state index is 0.0494. The quantitative estimate of drug-likeness (QED) is 0.511. The molecular weight excluding hydrogens is 458 g/mol. The second-order valence-corrected chi connectivity index (χ2v) is 9.88. The fourth-order valence-corrected chi connectivity index (χ4v) is 4.47. The predicted octanol–water partition coefficient (Wildman–Crippen LogP) is 0.647. The van der Waals surface area contributed by atoms with Crippen LogP contribution in [-0.4, -0.2) is 83.5 Å². The number of alkyl carbamates (subject to hydrolysis) is 1. The van der Waals surface area contributed by atoms with E-state index in [-0.39, 0.29) is 13.2 Å². The number of rotatable bonds is 5. The van der Waals surface area contributed by atoms with E-state index in [1.54, 1.807) is 13.8 Å². The number of benzene rings is 1. The Hall–Kier alpha value is -2.73. The van der Waals surface area contributed by atoms with Gasteiger partial charge < -0.3 is 39.6 Å². The molecule has 3 heterocycles. The lowest BCUT2D eigenvalue weighted by molar-refractivity contribution is -0.214. The van der Waals surface area contributed by atoms with E-state index in [1.165, 1.54) is 4.90 Å². The lowest BCUT2D eigenvalue weighted by atomic mass is 9.90. The van der Waals surface area contributed by atoms with Crippen LogP contribution in [0.1, 0.15) is 39.2 Å². The van der Waals surface area contributed by atoms with Gasteiger partial charge in [-0.3, -0.25) is 9.59 Å². The first-order valence-corrected chi connectivity index (χ1v) is 11.8. The Morgan fingerprint density at radius 2 is 1.80 bits per heavy atom. The van der Waals surface area contributed by atoms with Gasteiger partial charge in [-0.2, -0.15) is 0 Å². The van der Waals surface area contributed by atoms with Gasteiger partial charge in [0.1, 0.15) is 24.9 Å². The minimum Gasteiger partial charge on any atom is -0.445 e. The SMILES string of the molecule is CC1(NC(=O)OCc2ccccc2)CCN(C(=O)C(=O)NCC2O[C@@H]3OC(C)(C)O[C@@H]3C2O)CC1. The molecule has 11 nitrogen and oxygen atoms in total. The molecule has 3 fully saturated rings. The molecule has 3 aliphatic rings. The van der Waals surface area contributed by atoms with Crippen LogP contribution in [0.2, 0.25) is 0 Å². The van der Waals surface area contributed by atoms with Crippen LogP contribution in [0.5, 0.6) is 0 Å². The molecule has 0 bridgehead atoms. The van der Waals surface area contributed by atoms with Crippen LogP contribution in [0.25, 0.3) is 0 Å². The number of nitrogens with zero attached hydrogens (tertiary/aromatic N) is 1. The van der Waals surface area contributed by atoms with Crippen LogP contribution in [0.3, 0.4) is 0 Å². The van der Waals surface area contributed by atoms with E-state index in [0.717, 1.165) is 5.56 Å². The summed E-state index contributed by atoms with van der Waals surface area (Å²) in [5.41, 5.74) is 0.343. The van der Waals surface area contributed by atoms with E-state index in [1.807, 2.05) is 37.3 Å². The van der Waals surface area contributed by atoms with Crippen LogP contribution in [0.4, 0.5) is 4.79 Å². The standard InChI is InChI=1S/C24H33N3O8/c1-23(2)34-18-17(28)16(33-21(18)35-23)13-25-19(29)20(30)27-11-9-24(3,10-12-27)26-22(31)32-14-15-7-5-4-6-8-15/h4-8,16-18,21,28H,9-14H2,1-3H3,(H,25,29)(H,26,31)/t16?,17?,18-,21-/m1/s1. The summed E-state index contributed by atoms with van der Waals surface area (Å²) in [4.78, 5) is 38.7. The van der Waals surface area contributed by atoms with E-state index in [9.17, 15) is 19.5 Å². The minimum atomic E-state index is -0.986. The normalized spacial score (nSPS) is 28.7. The molecule has 3 N–H and O–H groups in total. The smallest absolute Gasteiger partial charge is 0.407 e. The molecule has 3 amide bonds. The molecule has 11 heteroatoms. The Bertz CT molecular complexity index is 932. The van der Waals surface area contributed by atoms with E-state index in [2.05, 4.69) is 10.6 Å². The van der Waals surface area contributed by atoms with Gasteiger partial charge in [-0.05, 0) is 39.2 Å². The highest BCUT2D eigenvalue weighted by Gasteiger charge is 2.54. The molecule has 0 spiro atoms. The molecule has 0 aliphatic carbocycles. The Labute approximate surface area is 204 Å².